The van der Waals surface area contributed by atoms with Gasteiger partial charge in [0.1, 0.15) is 0 Å². The summed E-state index contributed by atoms with van der Waals surface area (Å²) >= 11 is 0. The van der Waals surface area contributed by atoms with Gasteiger partial charge < -0.3 is 9.97 Å². The average Bonchev–Trinajstić information content (AvgIpc) is 3.07. The molecule has 0 aliphatic heterocycles. The minimum Gasteiger partial charge on any atom is -0.364 e. The third-order valence-corrected chi connectivity index (χ3v) is 3.14. The Kier molecular flexibility index (Phi) is 2.91. The summed E-state index contributed by atoms with van der Waals surface area (Å²) in [7, 11) is 0. The molecule has 2 heterocycles. The lowest BCUT2D eigenvalue weighted by Crippen LogP contribution is -2.05. The van der Waals surface area contributed by atoms with Crippen molar-refractivity contribution in [2.45, 2.75) is 5.92 Å². The summed E-state index contributed by atoms with van der Waals surface area (Å²) in [4.78, 5) is 6.24. The van der Waals surface area contributed by atoms with Crippen molar-refractivity contribution in [3.05, 3.63) is 83.4 Å². The zero-order chi connectivity index (χ0) is 13.2. The van der Waals surface area contributed by atoms with E-state index in [4.69, 9.17) is 0 Å². The predicted molar refractivity (Wildman–Crippen MR) is 68.9 cm³/mol. The molecule has 2 N–H and O–H groups in total. The van der Waals surface area contributed by atoms with Crippen LogP contribution in [0.5, 0.6) is 0 Å². The Labute approximate surface area is 109 Å². The van der Waals surface area contributed by atoms with Gasteiger partial charge in [-0.2, -0.15) is 0 Å². The largest absolute Gasteiger partial charge is 0.364 e. The van der Waals surface area contributed by atoms with E-state index in [0.717, 1.165) is 17.5 Å². The van der Waals surface area contributed by atoms with Crippen LogP contribution in [0.15, 0.2) is 54.9 Å². The molecule has 0 amide bonds. The molecule has 0 bridgehead atoms. The summed E-state index contributed by atoms with van der Waals surface area (Å²) in [5, 5.41) is 0. The van der Waals surface area contributed by atoms with Gasteiger partial charge in [0.15, 0.2) is 11.6 Å². The lowest BCUT2D eigenvalue weighted by atomic mass is 9.92. The van der Waals surface area contributed by atoms with Gasteiger partial charge in [0.2, 0.25) is 0 Å². The summed E-state index contributed by atoms with van der Waals surface area (Å²) in [5.74, 6) is -1.83. The van der Waals surface area contributed by atoms with E-state index in [1.54, 1.807) is 6.07 Å². The number of benzene rings is 1. The van der Waals surface area contributed by atoms with Gasteiger partial charge in [-0.05, 0) is 42.0 Å². The smallest absolute Gasteiger partial charge is 0.159 e. The van der Waals surface area contributed by atoms with Crippen molar-refractivity contribution in [3.63, 3.8) is 0 Å². The van der Waals surface area contributed by atoms with Crippen LogP contribution in [0.3, 0.4) is 0 Å². The van der Waals surface area contributed by atoms with Crippen molar-refractivity contribution < 1.29 is 8.78 Å². The molecular weight excluding hydrogens is 246 g/mol. The first kappa shape index (κ1) is 11.7. The Balaban J connectivity index is 2.12. The molecule has 0 saturated heterocycles. The SMILES string of the molecule is Fc1ccc(C(c2ccc[nH]2)c2ccc[nH]2)cc1F. The van der Waals surface area contributed by atoms with Crippen molar-refractivity contribution in [2.75, 3.05) is 0 Å². The molecule has 0 atom stereocenters. The van der Waals surface area contributed by atoms with Gasteiger partial charge in [-0.3, -0.25) is 0 Å². The fraction of sp³-hybridized carbons (Fsp3) is 0.0667. The molecule has 2 aromatic heterocycles. The lowest BCUT2D eigenvalue weighted by molar-refractivity contribution is 0.506. The maximum atomic E-state index is 13.4. The summed E-state index contributed by atoms with van der Waals surface area (Å²) in [5.41, 5.74) is 2.55. The van der Waals surface area contributed by atoms with E-state index in [0.29, 0.717) is 5.56 Å². The second kappa shape index (κ2) is 4.72. The second-order valence-electron chi connectivity index (χ2n) is 4.36. The maximum absolute atomic E-state index is 13.4. The van der Waals surface area contributed by atoms with Gasteiger partial charge in [0.05, 0.1) is 5.92 Å². The van der Waals surface area contributed by atoms with Gasteiger partial charge in [-0.25, -0.2) is 8.78 Å². The highest BCUT2D eigenvalue weighted by atomic mass is 19.2. The van der Waals surface area contributed by atoms with Crippen LogP contribution in [0, 0.1) is 11.6 Å². The molecule has 2 nitrogen and oxygen atoms in total. The molecule has 0 aliphatic carbocycles. The first-order valence-electron chi connectivity index (χ1n) is 5.97. The van der Waals surface area contributed by atoms with Gasteiger partial charge in [0, 0.05) is 23.8 Å². The van der Waals surface area contributed by atoms with E-state index < -0.39 is 11.6 Å². The zero-order valence-corrected chi connectivity index (χ0v) is 10.0. The number of aromatic nitrogens is 2. The van der Waals surface area contributed by atoms with Gasteiger partial charge in [0.25, 0.3) is 0 Å². The fourth-order valence-electron chi connectivity index (χ4n) is 2.27. The summed E-state index contributed by atoms with van der Waals surface area (Å²) < 4.78 is 26.5. The summed E-state index contributed by atoms with van der Waals surface area (Å²) in [6.07, 6.45) is 3.62. The highest BCUT2D eigenvalue weighted by molar-refractivity contribution is 5.38. The van der Waals surface area contributed by atoms with Crippen LogP contribution < -0.4 is 0 Å². The first-order chi connectivity index (χ1) is 9.25. The van der Waals surface area contributed by atoms with Crippen molar-refractivity contribution >= 4 is 0 Å². The van der Waals surface area contributed by atoms with Crippen LogP contribution in [0.25, 0.3) is 0 Å². The standard InChI is InChI=1S/C15H12F2N2/c16-11-6-5-10(9-12(11)17)15(13-3-1-7-18-13)14-4-2-8-19-14/h1-9,15,18-19H. The Morgan fingerprint density at radius 1 is 0.789 bits per heavy atom. The van der Waals surface area contributed by atoms with Crippen LogP contribution >= 0.6 is 0 Å². The highest BCUT2D eigenvalue weighted by Crippen LogP contribution is 2.30. The topological polar surface area (TPSA) is 31.6 Å². The normalized spacial score (nSPS) is 11.1. The molecule has 0 saturated carbocycles. The van der Waals surface area contributed by atoms with E-state index in [1.807, 2.05) is 36.7 Å². The zero-order valence-electron chi connectivity index (χ0n) is 10.0. The van der Waals surface area contributed by atoms with Crippen molar-refractivity contribution in [1.82, 2.24) is 9.97 Å². The fourth-order valence-corrected chi connectivity index (χ4v) is 2.27. The molecule has 0 radical (unpaired) electrons. The average molecular weight is 258 g/mol. The Hall–Kier alpha value is -2.36. The summed E-state index contributed by atoms with van der Waals surface area (Å²) in [6, 6.07) is 11.6. The van der Waals surface area contributed by atoms with Crippen LogP contribution in [-0.4, -0.2) is 9.97 Å². The number of hydrogen-bond donors (Lipinski definition) is 2. The third-order valence-electron chi connectivity index (χ3n) is 3.14. The number of rotatable bonds is 3. The van der Waals surface area contributed by atoms with Gasteiger partial charge >= 0.3 is 0 Å². The molecule has 3 aromatic rings. The van der Waals surface area contributed by atoms with Crippen LogP contribution in [0.1, 0.15) is 22.9 Å². The maximum Gasteiger partial charge on any atom is 0.159 e. The number of H-pyrrole nitrogens is 2. The number of aromatic amines is 2. The molecule has 19 heavy (non-hydrogen) atoms. The number of nitrogens with one attached hydrogen (secondary N) is 2. The van der Waals surface area contributed by atoms with Gasteiger partial charge in [-0.1, -0.05) is 6.07 Å². The van der Waals surface area contributed by atoms with E-state index >= 15 is 0 Å². The molecule has 0 unspecified atom stereocenters. The Morgan fingerprint density at radius 2 is 1.42 bits per heavy atom. The third kappa shape index (κ3) is 2.17. The molecule has 96 valence electrons. The molecule has 3 rings (SSSR count). The molecular formula is C15H12F2N2. The van der Waals surface area contributed by atoms with E-state index in [1.165, 1.54) is 6.07 Å². The van der Waals surface area contributed by atoms with Crippen LogP contribution in [-0.2, 0) is 0 Å². The van der Waals surface area contributed by atoms with E-state index in [2.05, 4.69) is 9.97 Å². The number of halogens is 2. The molecule has 4 heteroatoms. The van der Waals surface area contributed by atoms with Gasteiger partial charge in [-0.15, -0.1) is 0 Å². The molecule has 0 aliphatic rings. The summed E-state index contributed by atoms with van der Waals surface area (Å²) in [6.45, 7) is 0. The molecule has 0 fully saturated rings. The minimum absolute atomic E-state index is 0.167. The predicted octanol–water partition coefficient (Wildman–Crippen LogP) is 3.80. The van der Waals surface area contributed by atoms with Crippen LogP contribution in [0.4, 0.5) is 8.78 Å². The number of hydrogen-bond acceptors (Lipinski definition) is 0. The monoisotopic (exact) mass is 258 g/mol. The molecule has 1 aromatic carbocycles. The minimum atomic E-state index is -0.833. The van der Waals surface area contributed by atoms with Crippen molar-refractivity contribution in [1.29, 1.82) is 0 Å². The quantitative estimate of drug-likeness (QED) is 0.716. The van der Waals surface area contributed by atoms with E-state index in [9.17, 15) is 8.78 Å². The van der Waals surface area contributed by atoms with E-state index in [-0.39, 0.29) is 5.92 Å². The first-order valence-corrected chi connectivity index (χ1v) is 5.97. The Bertz CT molecular complexity index is 623. The lowest BCUT2D eigenvalue weighted by Gasteiger charge is -2.15. The molecule has 0 spiro atoms. The Morgan fingerprint density at radius 3 is 1.89 bits per heavy atom. The highest BCUT2D eigenvalue weighted by Gasteiger charge is 2.19. The second-order valence-corrected chi connectivity index (χ2v) is 4.36. The van der Waals surface area contributed by atoms with Crippen molar-refractivity contribution in [2.24, 2.45) is 0 Å². The van der Waals surface area contributed by atoms with Crippen molar-refractivity contribution in [3.8, 4) is 0 Å². The van der Waals surface area contributed by atoms with Crippen LogP contribution in [0.2, 0.25) is 0 Å².